The van der Waals surface area contributed by atoms with Crippen LogP contribution in [0.3, 0.4) is 0 Å². The first-order valence-electron chi connectivity index (χ1n) is 6.88. The zero-order valence-electron chi connectivity index (χ0n) is 11.5. The molecule has 1 saturated carbocycles. The standard InChI is InChI=1S/C14H25N3/c1-10(2)17-9-13(8-15-17)16-14-11(3)6-5-7-12(14)4/h8-12,14,16H,5-7H2,1-4H3. The van der Waals surface area contributed by atoms with Gasteiger partial charge in [-0.25, -0.2) is 0 Å². The van der Waals surface area contributed by atoms with Crippen LogP contribution in [-0.4, -0.2) is 15.8 Å². The Bertz CT molecular complexity index is 346. The molecule has 0 amide bonds. The topological polar surface area (TPSA) is 29.9 Å². The van der Waals surface area contributed by atoms with Gasteiger partial charge in [-0.15, -0.1) is 0 Å². The highest BCUT2D eigenvalue weighted by Gasteiger charge is 2.27. The van der Waals surface area contributed by atoms with E-state index in [0.717, 1.165) is 11.8 Å². The molecule has 17 heavy (non-hydrogen) atoms. The fraction of sp³-hybridized carbons (Fsp3) is 0.786. The van der Waals surface area contributed by atoms with Crippen molar-refractivity contribution in [2.45, 2.75) is 59.0 Å². The number of rotatable bonds is 3. The first-order chi connectivity index (χ1) is 8.08. The van der Waals surface area contributed by atoms with Crippen LogP contribution in [0.4, 0.5) is 5.69 Å². The van der Waals surface area contributed by atoms with Gasteiger partial charge in [-0.05, 0) is 38.5 Å². The fourth-order valence-corrected chi connectivity index (χ4v) is 2.85. The molecule has 0 spiro atoms. The van der Waals surface area contributed by atoms with E-state index in [1.165, 1.54) is 24.9 Å². The van der Waals surface area contributed by atoms with Crippen molar-refractivity contribution < 1.29 is 0 Å². The minimum absolute atomic E-state index is 0.437. The lowest BCUT2D eigenvalue weighted by molar-refractivity contribution is 0.268. The third-order valence-electron chi connectivity index (χ3n) is 4.01. The Hall–Kier alpha value is -0.990. The minimum Gasteiger partial charge on any atom is -0.379 e. The summed E-state index contributed by atoms with van der Waals surface area (Å²) in [5, 5.41) is 8.06. The molecule has 1 aromatic heterocycles. The Morgan fingerprint density at radius 3 is 2.47 bits per heavy atom. The Morgan fingerprint density at radius 1 is 1.29 bits per heavy atom. The third-order valence-corrected chi connectivity index (χ3v) is 4.01. The highest BCUT2D eigenvalue weighted by atomic mass is 15.3. The molecule has 0 bridgehead atoms. The molecular weight excluding hydrogens is 210 g/mol. The molecule has 3 nitrogen and oxygen atoms in total. The van der Waals surface area contributed by atoms with Crippen LogP contribution in [-0.2, 0) is 0 Å². The van der Waals surface area contributed by atoms with Crippen LogP contribution in [0, 0.1) is 11.8 Å². The largest absolute Gasteiger partial charge is 0.379 e. The summed E-state index contributed by atoms with van der Waals surface area (Å²) >= 11 is 0. The van der Waals surface area contributed by atoms with Gasteiger partial charge in [0.1, 0.15) is 0 Å². The van der Waals surface area contributed by atoms with Crippen molar-refractivity contribution in [3.8, 4) is 0 Å². The molecule has 2 atom stereocenters. The van der Waals surface area contributed by atoms with E-state index in [-0.39, 0.29) is 0 Å². The van der Waals surface area contributed by atoms with Crippen LogP contribution in [0.25, 0.3) is 0 Å². The van der Waals surface area contributed by atoms with Gasteiger partial charge in [-0.1, -0.05) is 20.3 Å². The van der Waals surface area contributed by atoms with Crippen LogP contribution in [0.5, 0.6) is 0 Å². The highest BCUT2D eigenvalue weighted by Crippen LogP contribution is 2.31. The molecule has 0 saturated heterocycles. The Kier molecular flexibility index (Phi) is 3.75. The first kappa shape index (κ1) is 12.5. The zero-order chi connectivity index (χ0) is 12.4. The molecule has 0 aliphatic heterocycles. The Labute approximate surface area is 105 Å². The zero-order valence-corrected chi connectivity index (χ0v) is 11.5. The maximum Gasteiger partial charge on any atom is 0.0728 e. The van der Waals surface area contributed by atoms with Gasteiger partial charge in [0.25, 0.3) is 0 Å². The van der Waals surface area contributed by atoms with E-state index >= 15 is 0 Å². The Morgan fingerprint density at radius 2 is 1.94 bits per heavy atom. The van der Waals surface area contributed by atoms with Crippen molar-refractivity contribution in [1.82, 2.24) is 9.78 Å². The molecule has 2 rings (SSSR count). The molecule has 1 fully saturated rings. The molecular formula is C14H25N3. The van der Waals surface area contributed by atoms with E-state index in [9.17, 15) is 0 Å². The second kappa shape index (κ2) is 5.11. The van der Waals surface area contributed by atoms with Crippen LogP contribution in [0.1, 0.15) is 53.0 Å². The number of hydrogen-bond acceptors (Lipinski definition) is 2. The average molecular weight is 235 g/mol. The van der Waals surface area contributed by atoms with Crippen molar-refractivity contribution in [2.24, 2.45) is 11.8 Å². The second-order valence-electron chi connectivity index (χ2n) is 5.86. The molecule has 1 aromatic rings. The molecule has 1 aliphatic carbocycles. The summed E-state index contributed by atoms with van der Waals surface area (Å²) in [5.41, 5.74) is 1.17. The van der Waals surface area contributed by atoms with Crippen molar-refractivity contribution in [1.29, 1.82) is 0 Å². The van der Waals surface area contributed by atoms with Crippen molar-refractivity contribution in [2.75, 3.05) is 5.32 Å². The van der Waals surface area contributed by atoms with Gasteiger partial charge < -0.3 is 5.32 Å². The van der Waals surface area contributed by atoms with Crippen molar-refractivity contribution in [3.05, 3.63) is 12.4 Å². The predicted octanol–water partition coefficient (Wildman–Crippen LogP) is 3.70. The number of nitrogens with one attached hydrogen (secondary N) is 1. The smallest absolute Gasteiger partial charge is 0.0728 e. The first-order valence-corrected chi connectivity index (χ1v) is 6.88. The SMILES string of the molecule is CC1CCCC(C)C1Nc1cnn(C(C)C)c1. The molecule has 1 N–H and O–H groups in total. The third kappa shape index (κ3) is 2.82. The van der Waals surface area contributed by atoms with E-state index < -0.39 is 0 Å². The number of aromatic nitrogens is 2. The summed E-state index contributed by atoms with van der Waals surface area (Å²) in [7, 11) is 0. The van der Waals surface area contributed by atoms with Gasteiger partial charge in [0.2, 0.25) is 0 Å². The number of anilines is 1. The molecule has 0 radical (unpaired) electrons. The monoisotopic (exact) mass is 235 g/mol. The van der Waals surface area contributed by atoms with E-state index in [1.807, 2.05) is 10.9 Å². The lowest BCUT2D eigenvalue weighted by atomic mass is 9.78. The lowest BCUT2D eigenvalue weighted by Gasteiger charge is -2.35. The summed E-state index contributed by atoms with van der Waals surface area (Å²) in [6.07, 6.45) is 8.15. The average Bonchev–Trinajstić information content (AvgIpc) is 2.72. The van der Waals surface area contributed by atoms with Crippen LogP contribution < -0.4 is 5.32 Å². The quantitative estimate of drug-likeness (QED) is 0.865. The second-order valence-corrected chi connectivity index (χ2v) is 5.86. The van der Waals surface area contributed by atoms with E-state index in [2.05, 4.69) is 44.3 Å². The van der Waals surface area contributed by atoms with Gasteiger partial charge in [0.05, 0.1) is 11.9 Å². The minimum atomic E-state index is 0.437. The normalized spacial score (nSPS) is 29.6. The maximum atomic E-state index is 4.39. The molecule has 96 valence electrons. The molecule has 1 aliphatic rings. The van der Waals surface area contributed by atoms with Gasteiger partial charge in [0.15, 0.2) is 0 Å². The molecule has 3 heteroatoms. The summed E-state index contributed by atoms with van der Waals surface area (Å²) in [6, 6.07) is 1.04. The summed E-state index contributed by atoms with van der Waals surface area (Å²) in [6.45, 7) is 9.03. The maximum absolute atomic E-state index is 4.39. The fourth-order valence-electron chi connectivity index (χ4n) is 2.85. The molecule has 0 aromatic carbocycles. The lowest BCUT2D eigenvalue weighted by Crippen LogP contribution is -2.36. The molecule has 2 unspecified atom stereocenters. The van der Waals surface area contributed by atoms with Crippen molar-refractivity contribution >= 4 is 5.69 Å². The van der Waals surface area contributed by atoms with Crippen LogP contribution in [0.15, 0.2) is 12.4 Å². The predicted molar refractivity (Wildman–Crippen MR) is 72.2 cm³/mol. The summed E-state index contributed by atoms with van der Waals surface area (Å²) in [5.74, 6) is 1.53. The number of hydrogen-bond donors (Lipinski definition) is 1. The van der Waals surface area contributed by atoms with Crippen molar-refractivity contribution in [3.63, 3.8) is 0 Å². The van der Waals surface area contributed by atoms with E-state index in [0.29, 0.717) is 12.1 Å². The van der Waals surface area contributed by atoms with E-state index in [1.54, 1.807) is 0 Å². The molecule has 1 heterocycles. The van der Waals surface area contributed by atoms with Gasteiger partial charge >= 0.3 is 0 Å². The summed E-state index contributed by atoms with van der Waals surface area (Å²) in [4.78, 5) is 0. The van der Waals surface area contributed by atoms with Gasteiger partial charge in [0, 0.05) is 18.3 Å². The highest BCUT2D eigenvalue weighted by molar-refractivity contribution is 5.40. The van der Waals surface area contributed by atoms with E-state index in [4.69, 9.17) is 0 Å². The van der Waals surface area contributed by atoms with Crippen LogP contribution in [0.2, 0.25) is 0 Å². The summed E-state index contributed by atoms with van der Waals surface area (Å²) < 4.78 is 2.01. The van der Waals surface area contributed by atoms with Gasteiger partial charge in [-0.2, -0.15) is 5.10 Å². The Balaban J connectivity index is 2.03. The van der Waals surface area contributed by atoms with Crippen LogP contribution >= 0.6 is 0 Å². The number of nitrogens with zero attached hydrogens (tertiary/aromatic N) is 2. The van der Waals surface area contributed by atoms with Gasteiger partial charge in [-0.3, -0.25) is 4.68 Å².